The highest BCUT2D eigenvalue weighted by Crippen LogP contribution is 2.25. The number of carbonyl (C=O) groups excluding carboxylic acids is 2. The van der Waals surface area contributed by atoms with Gasteiger partial charge in [-0.1, -0.05) is 0 Å². The molecule has 2 unspecified atom stereocenters. The lowest BCUT2D eigenvalue weighted by Gasteiger charge is -2.36. The molecule has 9 nitrogen and oxygen atoms in total. The first kappa shape index (κ1) is 20.5. The fourth-order valence-electron chi connectivity index (χ4n) is 3.26. The van der Waals surface area contributed by atoms with Crippen LogP contribution in [0.2, 0.25) is 0 Å². The van der Waals surface area contributed by atoms with Gasteiger partial charge in [0, 0.05) is 38.3 Å². The number of likely N-dealkylation sites (tertiary alicyclic amines) is 1. The Morgan fingerprint density at radius 2 is 2.03 bits per heavy atom. The summed E-state index contributed by atoms with van der Waals surface area (Å²) in [5, 5.41) is 5.97. The van der Waals surface area contributed by atoms with Gasteiger partial charge in [-0.2, -0.15) is 0 Å². The van der Waals surface area contributed by atoms with Crippen molar-refractivity contribution in [2.75, 3.05) is 23.7 Å². The summed E-state index contributed by atoms with van der Waals surface area (Å²) >= 11 is 0. The van der Waals surface area contributed by atoms with Crippen molar-refractivity contribution < 1.29 is 14.0 Å². The van der Waals surface area contributed by atoms with Crippen LogP contribution in [0, 0.1) is 12.7 Å². The van der Waals surface area contributed by atoms with Crippen molar-refractivity contribution in [2.45, 2.75) is 32.4 Å². The van der Waals surface area contributed by atoms with Crippen molar-refractivity contribution in [3.05, 3.63) is 41.5 Å². The first-order chi connectivity index (χ1) is 13.7. The minimum absolute atomic E-state index is 0.0464. The number of hydrogen-bond acceptors (Lipinski definition) is 7. The molecule has 154 valence electrons. The molecule has 0 radical (unpaired) electrons. The summed E-state index contributed by atoms with van der Waals surface area (Å²) in [4.78, 5) is 33.3. The van der Waals surface area contributed by atoms with E-state index in [1.165, 1.54) is 6.92 Å². The van der Waals surface area contributed by atoms with Gasteiger partial charge in [0.2, 0.25) is 5.91 Å². The normalized spacial score (nSPS) is 19.0. The van der Waals surface area contributed by atoms with Gasteiger partial charge in [0.1, 0.15) is 5.82 Å². The van der Waals surface area contributed by atoms with Crippen LogP contribution >= 0.6 is 0 Å². The Hall–Kier alpha value is -3.27. The minimum Gasteiger partial charge on any atom is -0.365 e. The minimum atomic E-state index is -0.808. The lowest BCUT2D eigenvalue weighted by atomic mass is 10.00. The molecule has 2 atom stereocenters. The Morgan fingerprint density at radius 3 is 2.66 bits per heavy atom. The second kappa shape index (κ2) is 8.39. The number of carbonyl (C=O) groups is 2. The van der Waals surface area contributed by atoms with Gasteiger partial charge in [0.25, 0.3) is 5.91 Å². The average Bonchev–Trinajstić information content (AvgIpc) is 2.65. The molecule has 0 saturated carbocycles. The van der Waals surface area contributed by atoms with Crippen molar-refractivity contribution >= 4 is 29.1 Å². The van der Waals surface area contributed by atoms with Gasteiger partial charge in [-0.3, -0.25) is 14.6 Å². The maximum atomic E-state index is 14.6. The predicted octanol–water partition coefficient (Wildman–Crippen LogP) is 1.13. The third kappa shape index (κ3) is 4.77. The summed E-state index contributed by atoms with van der Waals surface area (Å²) in [5.41, 5.74) is 13.0. The summed E-state index contributed by atoms with van der Waals surface area (Å²) in [7, 11) is 0. The van der Waals surface area contributed by atoms with Crippen LogP contribution in [0.25, 0.3) is 0 Å². The fraction of sp³-hybridized carbons (Fsp3) is 0.368. The van der Waals surface area contributed by atoms with E-state index < -0.39 is 11.7 Å². The molecular formula is C19H24FN7O2. The Balaban J connectivity index is 1.86. The van der Waals surface area contributed by atoms with Crippen LogP contribution < -0.4 is 22.1 Å². The molecule has 0 spiro atoms. The number of amides is 2. The molecule has 2 aromatic rings. The van der Waals surface area contributed by atoms with Crippen LogP contribution in [0.4, 0.5) is 21.7 Å². The first-order valence-electron chi connectivity index (χ1n) is 9.21. The van der Waals surface area contributed by atoms with Gasteiger partial charge in [-0.15, -0.1) is 0 Å². The molecule has 10 heteroatoms. The van der Waals surface area contributed by atoms with E-state index in [4.69, 9.17) is 11.5 Å². The van der Waals surface area contributed by atoms with Crippen molar-refractivity contribution in [2.24, 2.45) is 11.5 Å². The molecule has 0 aromatic carbocycles. The van der Waals surface area contributed by atoms with Crippen LogP contribution in [0.5, 0.6) is 0 Å². The number of nitrogens with one attached hydrogen (secondary N) is 2. The second-order valence-electron chi connectivity index (χ2n) is 7.12. The Bertz CT molecular complexity index is 937. The zero-order valence-corrected chi connectivity index (χ0v) is 16.3. The summed E-state index contributed by atoms with van der Waals surface area (Å²) in [5.74, 6) is -1.50. The fourth-order valence-corrected chi connectivity index (χ4v) is 3.26. The molecule has 2 aromatic heterocycles. The highest BCUT2D eigenvalue weighted by atomic mass is 19.1. The number of primary amides is 1. The van der Waals surface area contributed by atoms with E-state index in [1.807, 2.05) is 13.0 Å². The number of pyridine rings is 2. The van der Waals surface area contributed by atoms with E-state index >= 15 is 0 Å². The molecule has 3 heterocycles. The maximum Gasteiger partial charge on any atom is 0.252 e. The Labute approximate surface area is 167 Å². The van der Waals surface area contributed by atoms with E-state index in [1.54, 1.807) is 17.3 Å². The van der Waals surface area contributed by atoms with E-state index in [9.17, 15) is 14.0 Å². The van der Waals surface area contributed by atoms with E-state index in [-0.39, 0.29) is 35.2 Å². The number of nitrogens with zero attached hydrogens (tertiary/aromatic N) is 3. The lowest BCUT2D eigenvalue weighted by Crippen LogP contribution is -2.55. The summed E-state index contributed by atoms with van der Waals surface area (Å²) in [6, 6.07) is 2.19. The van der Waals surface area contributed by atoms with Crippen molar-refractivity contribution in [1.82, 2.24) is 14.9 Å². The second-order valence-corrected chi connectivity index (χ2v) is 7.12. The molecule has 1 aliphatic heterocycles. The van der Waals surface area contributed by atoms with Gasteiger partial charge in [0.05, 0.1) is 17.4 Å². The van der Waals surface area contributed by atoms with Crippen LogP contribution in [-0.2, 0) is 4.79 Å². The van der Waals surface area contributed by atoms with E-state index in [2.05, 4.69) is 20.6 Å². The molecule has 2 amide bonds. The third-order valence-corrected chi connectivity index (χ3v) is 4.80. The number of hydrogen-bond donors (Lipinski definition) is 4. The highest BCUT2D eigenvalue weighted by Gasteiger charge is 2.29. The van der Waals surface area contributed by atoms with E-state index in [0.29, 0.717) is 25.2 Å². The predicted molar refractivity (Wildman–Crippen MR) is 107 cm³/mol. The van der Waals surface area contributed by atoms with Gasteiger partial charge >= 0.3 is 0 Å². The van der Waals surface area contributed by atoms with Gasteiger partial charge in [-0.25, -0.2) is 9.37 Å². The molecular weight excluding hydrogens is 377 g/mol. The summed E-state index contributed by atoms with van der Waals surface area (Å²) in [6.07, 6.45) is 3.79. The van der Waals surface area contributed by atoms with Gasteiger partial charge in [0.15, 0.2) is 11.6 Å². The molecule has 6 N–H and O–H groups in total. The number of anilines is 3. The third-order valence-electron chi connectivity index (χ3n) is 4.80. The Kier molecular flexibility index (Phi) is 5.92. The summed E-state index contributed by atoms with van der Waals surface area (Å²) < 4.78 is 14.6. The molecule has 3 rings (SSSR count). The van der Waals surface area contributed by atoms with Crippen LogP contribution in [-0.4, -0.2) is 51.9 Å². The number of halogens is 1. The van der Waals surface area contributed by atoms with E-state index in [0.717, 1.165) is 11.6 Å². The molecule has 1 fully saturated rings. The van der Waals surface area contributed by atoms with Crippen LogP contribution in [0.15, 0.2) is 24.5 Å². The number of nitrogens with two attached hydrogens (primary N) is 2. The average molecular weight is 401 g/mol. The zero-order chi connectivity index (χ0) is 21.1. The molecule has 0 aliphatic carbocycles. The van der Waals surface area contributed by atoms with Gasteiger partial charge < -0.3 is 27.0 Å². The van der Waals surface area contributed by atoms with Crippen molar-refractivity contribution in [3.63, 3.8) is 0 Å². The smallest absolute Gasteiger partial charge is 0.252 e. The van der Waals surface area contributed by atoms with Crippen LogP contribution in [0.3, 0.4) is 0 Å². The highest BCUT2D eigenvalue weighted by molar-refractivity contribution is 5.98. The molecule has 1 saturated heterocycles. The molecule has 0 bridgehead atoms. The SMILES string of the molecule is CC(=O)N1CCC(Nc2nc(Nc3cncc(C)c3)c(C(N)=O)cc2F)C(N)C1. The van der Waals surface area contributed by atoms with Gasteiger partial charge in [-0.05, 0) is 31.0 Å². The standard InChI is InChI=1S/C19H24FN7O2/c1-10-5-12(8-23-7-10)24-18-13(17(22)29)6-14(20)19(26-18)25-16-3-4-27(11(2)28)9-15(16)21/h5-8,15-16H,3-4,9,21H2,1-2H3,(H2,22,29)(H2,24,25,26). The Morgan fingerprint density at radius 1 is 1.28 bits per heavy atom. The first-order valence-corrected chi connectivity index (χ1v) is 9.21. The monoisotopic (exact) mass is 401 g/mol. The maximum absolute atomic E-state index is 14.6. The number of rotatable bonds is 5. The molecule has 1 aliphatic rings. The molecule has 29 heavy (non-hydrogen) atoms. The van der Waals surface area contributed by atoms with Crippen LogP contribution in [0.1, 0.15) is 29.3 Å². The lowest BCUT2D eigenvalue weighted by molar-refractivity contribution is -0.130. The zero-order valence-electron chi connectivity index (χ0n) is 16.3. The largest absolute Gasteiger partial charge is 0.365 e. The number of aromatic nitrogens is 2. The topological polar surface area (TPSA) is 139 Å². The number of aryl methyl sites for hydroxylation is 1. The van der Waals surface area contributed by atoms with Crippen molar-refractivity contribution in [1.29, 1.82) is 0 Å². The number of piperidine rings is 1. The van der Waals surface area contributed by atoms with Crippen molar-refractivity contribution in [3.8, 4) is 0 Å². The quantitative estimate of drug-likeness (QED) is 0.589. The summed E-state index contributed by atoms with van der Waals surface area (Å²) in [6.45, 7) is 4.24.